The van der Waals surface area contributed by atoms with Crippen molar-refractivity contribution in [2.45, 2.75) is 29.7 Å². The first-order chi connectivity index (χ1) is 9.45. The van der Waals surface area contributed by atoms with Gasteiger partial charge in [0.05, 0.1) is 9.79 Å². The lowest BCUT2D eigenvalue weighted by Gasteiger charge is -2.18. The van der Waals surface area contributed by atoms with Crippen LogP contribution in [-0.2, 0) is 24.7 Å². The quantitative estimate of drug-likeness (QED) is 0.780. The molecule has 21 heavy (non-hydrogen) atoms. The number of carboxylic acids is 1. The van der Waals surface area contributed by atoms with Crippen LogP contribution >= 0.6 is 0 Å². The van der Waals surface area contributed by atoms with E-state index < -0.39 is 37.8 Å². The predicted molar refractivity (Wildman–Crippen MR) is 76.1 cm³/mol. The highest BCUT2D eigenvalue weighted by molar-refractivity contribution is 7.90. The van der Waals surface area contributed by atoms with Gasteiger partial charge in [0.2, 0.25) is 10.0 Å². The van der Waals surface area contributed by atoms with E-state index in [1.165, 1.54) is 0 Å². The molecule has 0 amide bonds. The molecule has 0 aliphatic heterocycles. The predicted octanol–water partition coefficient (Wildman–Crippen LogP) is 0.478. The number of benzene rings is 1. The van der Waals surface area contributed by atoms with Crippen LogP contribution in [0.1, 0.15) is 13.8 Å². The van der Waals surface area contributed by atoms with Crippen LogP contribution in [-0.4, -0.2) is 40.2 Å². The molecule has 1 unspecified atom stereocenters. The van der Waals surface area contributed by atoms with E-state index in [0.29, 0.717) is 0 Å². The molecule has 0 radical (unpaired) electrons. The monoisotopic (exact) mass is 335 g/mol. The van der Waals surface area contributed by atoms with Gasteiger partial charge in [-0.1, -0.05) is 13.8 Å². The molecule has 0 aromatic heterocycles. The minimum Gasteiger partial charge on any atom is -0.480 e. The Balaban J connectivity index is 3.11. The minimum absolute atomic E-state index is 0.0138. The summed E-state index contributed by atoms with van der Waals surface area (Å²) < 4.78 is 48.9. The summed E-state index contributed by atoms with van der Waals surface area (Å²) >= 11 is 0. The normalized spacial score (nSPS) is 14.1. The molecule has 7 nitrogen and oxygen atoms in total. The molecule has 9 heteroatoms. The molecule has 1 atom stereocenters. The van der Waals surface area contributed by atoms with Crippen LogP contribution in [0.25, 0.3) is 0 Å². The van der Waals surface area contributed by atoms with Crippen molar-refractivity contribution in [3.63, 3.8) is 0 Å². The van der Waals surface area contributed by atoms with Gasteiger partial charge in [-0.15, -0.1) is 0 Å². The third kappa shape index (κ3) is 4.51. The Morgan fingerprint density at radius 3 is 1.81 bits per heavy atom. The molecule has 0 bridgehead atoms. The lowest BCUT2D eigenvalue weighted by Crippen LogP contribution is -2.44. The number of rotatable bonds is 6. The highest BCUT2D eigenvalue weighted by Gasteiger charge is 2.28. The van der Waals surface area contributed by atoms with Crippen LogP contribution in [0.5, 0.6) is 0 Å². The summed E-state index contributed by atoms with van der Waals surface area (Å²) in [5.74, 6) is -1.71. The smallest absolute Gasteiger partial charge is 0.322 e. The van der Waals surface area contributed by atoms with Crippen LogP contribution < -0.4 is 4.72 Å². The Hall–Kier alpha value is -1.45. The van der Waals surface area contributed by atoms with Gasteiger partial charge in [-0.2, -0.15) is 4.72 Å². The van der Waals surface area contributed by atoms with E-state index >= 15 is 0 Å². The number of sulfonamides is 1. The largest absolute Gasteiger partial charge is 0.480 e. The van der Waals surface area contributed by atoms with E-state index in [2.05, 4.69) is 4.72 Å². The lowest BCUT2D eigenvalue weighted by molar-refractivity contribution is -0.140. The maximum Gasteiger partial charge on any atom is 0.322 e. The number of hydrogen-bond donors (Lipinski definition) is 2. The van der Waals surface area contributed by atoms with Gasteiger partial charge in [0.1, 0.15) is 6.04 Å². The van der Waals surface area contributed by atoms with Crippen molar-refractivity contribution >= 4 is 25.8 Å². The highest BCUT2D eigenvalue weighted by atomic mass is 32.2. The Labute approximate surface area is 124 Å². The van der Waals surface area contributed by atoms with E-state index in [-0.39, 0.29) is 9.79 Å². The van der Waals surface area contributed by atoms with Crippen LogP contribution in [0, 0.1) is 5.92 Å². The molecule has 0 fully saturated rings. The second-order valence-corrected chi connectivity index (χ2v) is 8.65. The van der Waals surface area contributed by atoms with E-state index in [1.807, 2.05) is 0 Å². The third-order valence-electron chi connectivity index (χ3n) is 2.78. The summed E-state index contributed by atoms with van der Waals surface area (Å²) in [5, 5.41) is 9.00. The summed E-state index contributed by atoms with van der Waals surface area (Å²) in [5.41, 5.74) is 0. The first-order valence-corrected chi connectivity index (χ1v) is 9.38. The number of hydrogen-bond acceptors (Lipinski definition) is 5. The van der Waals surface area contributed by atoms with Crippen LogP contribution in [0.4, 0.5) is 0 Å². The van der Waals surface area contributed by atoms with Gasteiger partial charge in [0.25, 0.3) is 0 Å². The summed E-state index contributed by atoms with van der Waals surface area (Å²) in [4.78, 5) is 10.8. The van der Waals surface area contributed by atoms with Gasteiger partial charge in [-0.05, 0) is 30.2 Å². The lowest BCUT2D eigenvalue weighted by atomic mass is 10.1. The average Bonchev–Trinajstić information content (AvgIpc) is 2.34. The van der Waals surface area contributed by atoms with E-state index in [0.717, 1.165) is 30.5 Å². The molecule has 118 valence electrons. The molecular formula is C12H17NO6S2. The fourth-order valence-corrected chi connectivity index (χ4v) is 3.54. The Kier molecular flexibility index (Phi) is 5.13. The van der Waals surface area contributed by atoms with E-state index in [1.54, 1.807) is 13.8 Å². The zero-order valence-corrected chi connectivity index (χ0v) is 13.4. The van der Waals surface area contributed by atoms with Gasteiger partial charge in [0.15, 0.2) is 9.84 Å². The fourth-order valence-electron chi connectivity index (χ4n) is 1.57. The molecule has 0 saturated heterocycles. The summed E-state index contributed by atoms with van der Waals surface area (Å²) in [6, 6.07) is 3.31. The Morgan fingerprint density at radius 1 is 1.05 bits per heavy atom. The van der Waals surface area contributed by atoms with E-state index in [9.17, 15) is 21.6 Å². The number of sulfone groups is 1. The Bertz CT molecular complexity index is 720. The fraction of sp³-hybridized carbons (Fsp3) is 0.417. The minimum atomic E-state index is -4.04. The van der Waals surface area contributed by atoms with Crippen molar-refractivity contribution in [2.24, 2.45) is 5.92 Å². The third-order valence-corrected chi connectivity index (χ3v) is 5.36. The van der Waals surface area contributed by atoms with Crippen LogP contribution in [0.3, 0.4) is 0 Å². The number of carbonyl (C=O) groups is 1. The first kappa shape index (κ1) is 17.6. The molecular weight excluding hydrogens is 318 g/mol. The molecule has 0 spiro atoms. The van der Waals surface area contributed by atoms with Crippen molar-refractivity contribution in [1.82, 2.24) is 4.72 Å². The molecule has 0 saturated carbocycles. The van der Waals surface area contributed by atoms with Crippen molar-refractivity contribution in [3.8, 4) is 0 Å². The zero-order valence-electron chi connectivity index (χ0n) is 11.8. The molecule has 1 aromatic rings. The summed E-state index contributed by atoms with van der Waals surface area (Å²) in [6.07, 6.45) is 1.01. The molecule has 2 N–H and O–H groups in total. The second kappa shape index (κ2) is 6.12. The van der Waals surface area contributed by atoms with Gasteiger partial charge < -0.3 is 5.11 Å². The standard InChI is InChI=1S/C12H17NO6S2/c1-8(2)11(12(14)15)13-21(18,19)10-6-4-9(5-7-10)20(3,16)17/h4-8,11,13H,1-3H3,(H,14,15). The number of carboxylic acid groups (broad SMARTS) is 1. The van der Waals surface area contributed by atoms with Crippen LogP contribution in [0.2, 0.25) is 0 Å². The van der Waals surface area contributed by atoms with Crippen LogP contribution in [0.15, 0.2) is 34.1 Å². The molecule has 1 aromatic carbocycles. The van der Waals surface area contributed by atoms with Crippen molar-refractivity contribution < 1.29 is 26.7 Å². The Morgan fingerprint density at radius 2 is 1.48 bits per heavy atom. The number of aliphatic carboxylic acids is 1. The van der Waals surface area contributed by atoms with Gasteiger partial charge in [-0.3, -0.25) is 4.79 Å². The van der Waals surface area contributed by atoms with Gasteiger partial charge in [0, 0.05) is 6.26 Å². The SMILES string of the molecule is CC(C)C(NS(=O)(=O)c1ccc(S(C)(=O)=O)cc1)C(=O)O. The van der Waals surface area contributed by atoms with Gasteiger partial charge in [-0.25, -0.2) is 16.8 Å². The second-order valence-electron chi connectivity index (χ2n) is 4.92. The zero-order chi connectivity index (χ0) is 16.4. The van der Waals surface area contributed by atoms with E-state index in [4.69, 9.17) is 5.11 Å². The maximum atomic E-state index is 12.1. The summed E-state index contributed by atoms with van der Waals surface area (Å²) in [6.45, 7) is 3.15. The topological polar surface area (TPSA) is 118 Å². The maximum absolute atomic E-state index is 12.1. The van der Waals surface area contributed by atoms with Crippen molar-refractivity contribution in [2.75, 3.05) is 6.26 Å². The molecule has 0 aliphatic carbocycles. The molecule has 0 heterocycles. The van der Waals surface area contributed by atoms with Crippen molar-refractivity contribution in [1.29, 1.82) is 0 Å². The average molecular weight is 335 g/mol. The number of nitrogens with one attached hydrogen (secondary N) is 1. The van der Waals surface area contributed by atoms with Crippen molar-refractivity contribution in [3.05, 3.63) is 24.3 Å². The molecule has 0 aliphatic rings. The summed E-state index contributed by atoms with van der Waals surface area (Å²) in [7, 11) is -7.46. The van der Waals surface area contributed by atoms with Gasteiger partial charge >= 0.3 is 5.97 Å². The first-order valence-electron chi connectivity index (χ1n) is 6.00. The molecule has 1 rings (SSSR count). The highest BCUT2D eigenvalue weighted by Crippen LogP contribution is 2.15.